The Morgan fingerprint density at radius 2 is 0.889 bits per heavy atom. The lowest BCUT2D eigenvalue weighted by atomic mass is 9.77. The van der Waals surface area contributed by atoms with E-state index in [0.29, 0.717) is 0 Å². The number of benzene rings is 2. The van der Waals surface area contributed by atoms with Crippen LogP contribution >= 0.6 is 191 Å². The van der Waals surface area contributed by atoms with Crippen LogP contribution in [0.3, 0.4) is 0 Å². The molecule has 0 N–H and O–H groups in total. The van der Waals surface area contributed by atoms with Crippen molar-refractivity contribution < 1.29 is 0 Å². The van der Waals surface area contributed by atoms with Crippen LogP contribution in [0.4, 0.5) is 0 Å². The maximum absolute atomic E-state index is 3.82. The van der Waals surface area contributed by atoms with Gasteiger partial charge in [0.1, 0.15) is 0 Å². The molecule has 0 atom stereocenters. The summed E-state index contributed by atoms with van der Waals surface area (Å²) in [6.45, 7) is 0. The molecule has 0 nitrogen and oxygen atoms in total. The van der Waals surface area contributed by atoms with Crippen LogP contribution < -0.4 is 0 Å². The van der Waals surface area contributed by atoms with Gasteiger partial charge in [-0.25, -0.2) is 0 Å². The summed E-state index contributed by atoms with van der Waals surface area (Å²) in [5.41, 5.74) is 1.11. The Labute approximate surface area is 258 Å². The van der Waals surface area contributed by atoms with E-state index in [1.807, 2.05) is 18.2 Å². The van der Waals surface area contributed by atoms with Crippen molar-refractivity contribution in [1.82, 2.24) is 0 Å². The third-order valence-electron chi connectivity index (χ3n) is 3.71. The molecule has 2 rings (SSSR count). The zero-order chi connectivity index (χ0) is 20.9. The number of hydrogen-bond donors (Lipinski definition) is 0. The zero-order valence-corrected chi connectivity index (χ0v) is 31.4. The molecule has 12 heteroatoms. The minimum atomic E-state index is -0.816. The molecule has 0 aliphatic heterocycles. The van der Waals surface area contributed by atoms with Crippen LogP contribution in [-0.2, 0) is 5.41 Å². The van der Waals surface area contributed by atoms with Crippen LogP contribution in [0.2, 0.25) is 0 Å². The maximum Gasteiger partial charge on any atom is 0.151 e. The first kappa shape index (κ1) is 27.4. The van der Waals surface area contributed by atoms with E-state index in [-0.39, 0.29) is 0 Å². The zero-order valence-electron chi connectivity index (χ0n) is 12.3. The molecule has 2 aromatic carbocycles. The first-order valence-electron chi connectivity index (χ1n) is 6.60. The molecule has 0 fully saturated rings. The van der Waals surface area contributed by atoms with Gasteiger partial charge in [-0.3, -0.25) is 0 Å². The van der Waals surface area contributed by atoms with Gasteiger partial charge >= 0.3 is 0 Å². The molecule has 0 aromatic heterocycles. The Kier molecular flexibility index (Phi) is 10.4. The highest BCUT2D eigenvalue weighted by atomic mass is 80.0. The fourth-order valence-corrected chi connectivity index (χ4v) is 13.5. The van der Waals surface area contributed by atoms with Crippen molar-refractivity contribution in [3.63, 3.8) is 0 Å². The molecule has 0 aliphatic carbocycles. The summed E-state index contributed by atoms with van der Waals surface area (Å²) in [6.07, 6.45) is 0. The highest BCUT2D eigenvalue weighted by Gasteiger charge is 2.63. The van der Waals surface area contributed by atoms with E-state index in [1.54, 1.807) is 0 Å². The summed E-state index contributed by atoms with van der Waals surface area (Å²) in [4.78, 5) is 0. The van der Waals surface area contributed by atoms with Gasteiger partial charge < -0.3 is 0 Å². The highest BCUT2D eigenvalue weighted by Crippen LogP contribution is 2.70. The van der Waals surface area contributed by atoms with Gasteiger partial charge in [-0.2, -0.15) is 0 Å². The van der Waals surface area contributed by atoms with Crippen LogP contribution in [-0.4, -0.2) is 4.29 Å². The fourth-order valence-electron chi connectivity index (χ4n) is 2.58. The van der Waals surface area contributed by atoms with Gasteiger partial charge in [-0.05, 0) is 96.8 Å². The predicted octanol–water partition coefficient (Wildman–Crippen LogP) is 12.2. The minimum Gasteiger partial charge on any atom is -0.0619 e. The van der Waals surface area contributed by atoms with Crippen molar-refractivity contribution in [3.05, 3.63) is 62.2 Å². The number of rotatable bonds is 2. The van der Waals surface area contributed by atoms with Crippen molar-refractivity contribution in [1.29, 1.82) is 0 Å². The summed E-state index contributed by atoms with van der Waals surface area (Å²) < 4.78 is 3.71. The fraction of sp³-hybridized carbons (Fsp3) is 0.200. The first-order chi connectivity index (χ1) is 12.2. The summed E-state index contributed by atoms with van der Waals surface area (Å²) in [5, 5.41) is 0. The molecule has 0 amide bonds. The first-order valence-corrected chi connectivity index (χ1v) is 16.1. The van der Waals surface area contributed by atoms with Gasteiger partial charge in [0.2, 0.25) is 0 Å². The number of hydrogen-bond acceptors (Lipinski definition) is 0. The largest absolute Gasteiger partial charge is 0.151 e. The normalized spacial score (nSPS) is 13.2. The SMILES string of the molecule is Brc1ccccc1C(c1c(Br)c(Br)c(Br)c(Br)c1Br)(C(Br)(Br)Br)C(Br)(Br)Br. The molecule has 0 heterocycles. The molecule has 0 saturated heterocycles. The average molecular weight is 1140 g/mol. The van der Waals surface area contributed by atoms with Crippen molar-refractivity contribution in [2.75, 3.05) is 0 Å². The van der Waals surface area contributed by atoms with E-state index in [2.05, 4.69) is 197 Å². The number of halogens is 12. The van der Waals surface area contributed by atoms with E-state index in [1.165, 1.54) is 0 Å². The smallest absolute Gasteiger partial charge is 0.0619 e. The molecule has 0 unspecified atom stereocenters. The quantitative estimate of drug-likeness (QED) is 0.160. The molecule has 27 heavy (non-hydrogen) atoms. The molecule has 0 bridgehead atoms. The van der Waals surface area contributed by atoms with Crippen molar-refractivity contribution in [3.8, 4) is 0 Å². The summed E-state index contributed by atoms with van der Waals surface area (Å²) in [7, 11) is 0. The van der Waals surface area contributed by atoms with Crippen molar-refractivity contribution in [2.45, 2.75) is 9.70 Å². The Morgan fingerprint density at radius 1 is 0.519 bits per heavy atom. The van der Waals surface area contributed by atoms with Gasteiger partial charge in [0, 0.05) is 26.8 Å². The predicted molar refractivity (Wildman–Crippen MR) is 159 cm³/mol. The summed E-state index contributed by atoms with van der Waals surface area (Å²) in [5.74, 6) is 0. The van der Waals surface area contributed by atoms with Crippen molar-refractivity contribution >= 4 is 191 Å². The summed E-state index contributed by atoms with van der Waals surface area (Å²) >= 11 is 45.2. The maximum atomic E-state index is 3.82. The summed E-state index contributed by atoms with van der Waals surface area (Å²) in [6, 6.07) is 8.04. The lowest BCUT2D eigenvalue weighted by Crippen LogP contribution is -2.51. The van der Waals surface area contributed by atoms with Crippen LogP contribution in [0.1, 0.15) is 11.1 Å². The third-order valence-corrected chi connectivity index (χ3v) is 14.1. The third kappa shape index (κ3) is 5.02. The Balaban J connectivity index is 3.22. The molecule has 0 radical (unpaired) electrons. The lowest BCUT2D eigenvalue weighted by Gasteiger charge is -2.49. The van der Waals surface area contributed by atoms with Gasteiger partial charge in [-0.1, -0.05) is 130 Å². The van der Waals surface area contributed by atoms with E-state index in [4.69, 9.17) is 0 Å². The van der Waals surface area contributed by atoms with Crippen LogP contribution in [0.15, 0.2) is 51.1 Å². The highest BCUT2D eigenvalue weighted by molar-refractivity contribution is 9.41. The molecular weight excluding hydrogens is 1140 g/mol. The van der Waals surface area contributed by atoms with E-state index in [9.17, 15) is 0 Å². The molecule has 148 valence electrons. The van der Waals surface area contributed by atoms with Gasteiger partial charge in [0.25, 0.3) is 0 Å². The Morgan fingerprint density at radius 3 is 1.26 bits per heavy atom. The van der Waals surface area contributed by atoms with Crippen molar-refractivity contribution in [2.24, 2.45) is 0 Å². The van der Waals surface area contributed by atoms with Crippen LogP contribution in [0.5, 0.6) is 0 Å². The van der Waals surface area contributed by atoms with Crippen LogP contribution in [0, 0.1) is 0 Å². The molecule has 0 aliphatic rings. The lowest BCUT2D eigenvalue weighted by molar-refractivity contribution is 0.591. The molecule has 2 aromatic rings. The standard InChI is InChI=1S/C15H4Br12/c16-6-4-2-1-3-5(6)13(14(22,23)24,15(25,26)27)7-8(17)10(19)12(21)11(20)9(7)18/h1-4H. The second-order valence-electron chi connectivity index (χ2n) is 5.17. The minimum absolute atomic E-state index is 0.794. The molecule has 0 spiro atoms. The Bertz CT molecular complexity index is 835. The monoisotopic (exact) mass is 1130 g/mol. The second kappa shape index (κ2) is 10.2. The van der Waals surface area contributed by atoms with Gasteiger partial charge in [0.05, 0.1) is 5.41 Å². The Hall–Kier alpha value is 4.20. The number of alkyl halides is 6. The van der Waals surface area contributed by atoms with Gasteiger partial charge in [-0.15, -0.1) is 0 Å². The molecular formula is C15H4Br12. The van der Waals surface area contributed by atoms with Gasteiger partial charge in [0.15, 0.2) is 4.29 Å². The van der Waals surface area contributed by atoms with E-state index in [0.717, 1.165) is 38.0 Å². The van der Waals surface area contributed by atoms with Crippen LogP contribution in [0.25, 0.3) is 0 Å². The van der Waals surface area contributed by atoms with E-state index >= 15 is 0 Å². The average Bonchev–Trinajstić information content (AvgIpc) is 2.53. The second-order valence-corrected chi connectivity index (χ2v) is 23.5. The topological polar surface area (TPSA) is 0 Å². The van der Waals surface area contributed by atoms with E-state index < -0.39 is 9.70 Å². The molecule has 0 saturated carbocycles.